The van der Waals surface area contributed by atoms with Crippen LogP contribution >= 0.6 is 11.6 Å². The number of anilines is 3. The number of aromatic amines is 1. The molecule has 81 heavy (non-hydrogen) atoms. The van der Waals surface area contributed by atoms with Gasteiger partial charge in [-0.2, -0.15) is 0 Å². The molecule has 2 unspecified atom stereocenters. The number of pyridine rings is 1. The lowest BCUT2D eigenvalue weighted by atomic mass is 9.72. The lowest BCUT2D eigenvalue weighted by Crippen LogP contribution is -2.52. The number of carbonyl (C=O) groups excluding carboxylic acids is 4. The average Bonchev–Trinajstić information content (AvgIpc) is 4.31. The van der Waals surface area contributed by atoms with Gasteiger partial charge in [0.05, 0.1) is 33.6 Å². The second-order valence-corrected chi connectivity index (χ2v) is 24.1. The fourth-order valence-electron chi connectivity index (χ4n) is 11.2. The van der Waals surface area contributed by atoms with Crippen LogP contribution in [0.1, 0.15) is 109 Å². The van der Waals surface area contributed by atoms with Gasteiger partial charge in [-0.25, -0.2) is 18.1 Å². The van der Waals surface area contributed by atoms with E-state index < -0.39 is 27.9 Å². The molecule has 18 nitrogen and oxygen atoms in total. The van der Waals surface area contributed by atoms with E-state index >= 15 is 0 Å². The Balaban J connectivity index is 0.730. The molecule has 8 N–H and O–H groups in total. The van der Waals surface area contributed by atoms with Crippen LogP contribution in [0, 0.1) is 23.2 Å². The molecule has 2 atom stereocenters. The molecule has 2 fully saturated rings. The number of H-pyrrole nitrogens is 1. The van der Waals surface area contributed by atoms with Crippen molar-refractivity contribution in [2.24, 2.45) is 11.3 Å². The Kier molecular flexibility index (Phi) is 17.4. The molecular formula is C61H67ClN10O8S. The smallest absolute Gasteiger partial charge is 0.268 e. The molecule has 0 radical (unpaired) electrons. The lowest BCUT2D eigenvalue weighted by molar-refractivity contribution is -0.136. The number of carbonyl (C=O) groups is 4. The van der Waals surface area contributed by atoms with Gasteiger partial charge in [-0.05, 0) is 147 Å². The summed E-state index contributed by atoms with van der Waals surface area (Å²) in [5.74, 6) is 5.25. The second-order valence-electron chi connectivity index (χ2n) is 22.0. The highest BCUT2D eigenvalue weighted by atomic mass is 35.5. The Hall–Kier alpha value is -7.73. The van der Waals surface area contributed by atoms with Crippen LogP contribution in [0.3, 0.4) is 0 Å². The minimum Gasteiger partial charge on any atom is -0.455 e. The monoisotopic (exact) mass is 1130 g/mol. The van der Waals surface area contributed by atoms with Crippen LogP contribution in [0.25, 0.3) is 16.6 Å². The maximum absolute atomic E-state index is 14.0. The number of rotatable bonds is 20. The van der Waals surface area contributed by atoms with Crippen molar-refractivity contribution in [3.8, 4) is 23.3 Å². The van der Waals surface area contributed by atoms with E-state index in [-0.39, 0.29) is 51.5 Å². The van der Waals surface area contributed by atoms with Gasteiger partial charge in [0.1, 0.15) is 23.2 Å². The number of likely N-dealkylation sites (tertiary alicyclic amines) is 1. The van der Waals surface area contributed by atoms with Gasteiger partial charge in [0.2, 0.25) is 11.8 Å². The summed E-state index contributed by atoms with van der Waals surface area (Å²) < 4.78 is 36.3. The van der Waals surface area contributed by atoms with Crippen LogP contribution < -0.4 is 36.2 Å². The van der Waals surface area contributed by atoms with E-state index in [4.69, 9.17) is 16.3 Å². The summed E-state index contributed by atoms with van der Waals surface area (Å²) in [5, 5.41) is 24.4. The number of hydrogen-bond acceptors (Lipinski definition) is 14. The molecule has 4 aliphatic rings. The summed E-state index contributed by atoms with van der Waals surface area (Å²) in [5.41, 5.74) is 10.1. The molecule has 6 aromatic rings. The topological polar surface area (TPSA) is 239 Å². The van der Waals surface area contributed by atoms with Crippen molar-refractivity contribution in [2.45, 2.75) is 89.1 Å². The molecule has 2 aromatic heterocycles. The largest absolute Gasteiger partial charge is 0.455 e. The number of hydrogen-bond donors (Lipinski definition) is 8. The summed E-state index contributed by atoms with van der Waals surface area (Å²) in [6, 6.07) is 25.6. The number of amides is 4. The summed E-state index contributed by atoms with van der Waals surface area (Å²) in [6.45, 7) is 10.0. The van der Waals surface area contributed by atoms with Gasteiger partial charge in [-0.15, -0.1) is 0 Å². The van der Waals surface area contributed by atoms with Crippen LogP contribution in [-0.4, -0.2) is 109 Å². The van der Waals surface area contributed by atoms with Crippen LogP contribution in [0.4, 0.5) is 17.1 Å². The SMILES string of the molecule is CC1(C)CCC(CNCCNc2ccc(C(=O)NS(=O)(=O)c3ccc(NCC4CCCN(CCCC#Cc5cccc6c5C(=O)N(C5CCC(=O)NC5=O)C6)C4)c(NO)c3)c(Oc3cnc4[nH]ccc4c3)c2)=C(c2ccc(Cl)cc2)C1. The molecule has 4 aromatic carbocycles. The van der Waals surface area contributed by atoms with Gasteiger partial charge in [0.15, 0.2) is 0 Å². The van der Waals surface area contributed by atoms with E-state index in [1.165, 1.54) is 46.0 Å². The zero-order valence-electron chi connectivity index (χ0n) is 45.4. The number of nitrogens with zero attached hydrogens (tertiary/aromatic N) is 3. The molecule has 0 bridgehead atoms. The Morgan fingerprint density at radius 2 is 1.81 bits per heavy atom. The number of benzene rings is 4. The lowest BCUT2D eigenvalue weighted by Gasteiger charge is -2.34. The summed E-state index contributed by atoms with van der Waals surface area (Å²) in [6.07, 6.45) is 10.3. The maximum Gasteiger partial charge on any atom is 0.268 e. The van der Waals surface area contributed by atoms with E-state index in [1.807, 2.05) is 36.4 Å². The summed E-state index contributed by atoms with van der Waals surface area (Å²) in [7, 11) is -4.46. The first-order valence-corrected chi connectivity index (χ1v) is 29.5. The Bertz CT molecular complexity index is 3570. The van der Waals surface area contributed by atoms with Crippen LogP contribution in [0.2, 0.25) is 5.02 Å². The van der Waals surface area contributed by atoms with Crippen molar-refractivity contribution >= 4 is 78.9 Å². The number of aromatic nitrogens is 2. The molecule has 0 saturated carbocycles. The zero-order chi connectivity index (χ0) is 56.7. The van der Waals surface area contributed by atoms with Gasteiger partial charge in [-0.1, -0.05) is 67.1 Å². The fraction of sp³-hybridized carbons (Fsp3) is 0.361. The molecule has 3 aliphatic heterocycles. The molecule has 10 rings (SSSR count). The Morgan fingerprint density at radius 1 is 0.963 bits per heavy atom. The number of unbranched alkanes of at least 4 members (excludes halogenated alkanes) is 1. The van der Waals surface area contributed by atoms with E-state index in [2.05, 4.69) is 84.2 Å². The van der Waals surface area contributed by atoms with Crippen molar-refractivity contribution in [1.29, 1.82) is 0 Å². The number of halogens is 1. The van der Waals surface area contributed by atoms with E-state index in [0.29, 0.717) is 77.9 Å². The minimum absolute atomic E-state index is 0.0269. The quantitative estimate of drug-likeness (QED) is 0.0154. The number of imide groups is 1. The predicted octanol–water partition coefficient (Wildman–Crippen LogP) is 9.31. The first kappa shape index (κ1) is 56.5. The molecule has 4 amide bonds. The number of piperidine rings is 2. The van der Waals surface area contributed by atoms with Crippen LogP contribution in [0.5, 0.6) is 11.5 Å². The van der Waals surface area contributed by atoms with Crippen molar-refractivity contribution in [3.63, 3.8) is 0 Å². The maximum atomic E-state index is 14.0. The van der Waals surface area contributed by atoms with E-state index in [9.17, 15) is 32.8 Å². The third-order valence-corrected chi connectivity index (χ3v) is 17.1. The summed E-state index contributed by atoms with van der Waals surface area (Å²) >= 11 is 6.22. The number of fused-ring (bicyclic) bond motifs is 2. The minimum atomic E-state index is -4.46. The Labute approximate surface area is 476 Å². The molecule has 2 saturated heterocycles. The third-order valence-electron chi connectivity index (χ3n) is 15.6. The first-order chi connectivity index (χ1) is 39.1. The molecule has 5 heterocycles. The first-order valence-electron chi connectivity index (χ1n) is 27.6. The molecular weight excluding hydrogens is 1070 g/mol. The van der Waals surface area contributed by atoms with Crippen LogP contribution in [0.15, 0.2) is 114 Å². The highest BCUT2D eigenvalue weighted by Gasteiger charge is 2.40. The highest BCUT2D eigenvalue weighted by molar-refractivity contribution is 7.90. The molecule has 20 heteroatoms. The fourth-order valence-corrected chi connectivity index (χ4v) is 12.4. The second kappa shape index (κ2) is 25.0. The number of ether oxygens (including phenoxy) is 1. The van der Waals surface area contributed by atoms with Crippen LogP contribution in [-0.2, 0) is 26.2 Å². The normalized spacial score (nSPS) is 18.2. The number of sulfonamides is 1. The van der Waals surface area contributed by atoms with Gasteiger partial charge >= 0.3 is 0 Å². The van der Waals surface area contributed by atoms with Gasteiger partial charge in [0.25, 0.3) is 21.8 Å². The standard InChI is InChI=1S/C61H67ClN10O8S/c1-61(2)24-22-43(50(33-61)40-12-14-45(62)15-13-40)35-63-26-27-64-46-16-18-49(54(31-46)80-47-30-42-23-25-65-57(42)67-36-47)58(74)70-81(78,79)48-17-19-51(52(32-48)69-77)66-34-39-8-7-29-71(37-39)28-5-3-4-9-41-10-6-11-44-38-72(60(76)56(41)44)53-20-21-55(73)68-59(53)75/h6,10-19,23,25,30-32,36,39,53,63-64,66,69,77H,3,5,7-8,20-22,24,26-29,33-35,37-38H2,1-2H3,(H,65,67)(H,70,74)(H,68,73,75). The molecule has 0 spiro atoms. The van der Waals surface area contributed by atoms with Crippen molar-refractivity contribution < 1.29 is 37.5 Å². The average molecular weight is 1140 g/mol. The Morgan fingerprint density at radius 3 is 2.64 bits per heavy atom. The summed E-state index contributed by atoms with van der Waals surface area (Å²) in [4.78, 5) is 62.9. The van der Waals surface area contributed by atoms with E-state index in [0.717, 1.165) is 75.7 Å². The third kappa shape index (κ3) is 13.7. The zero-order valence-corrected chi connectivity index (χ0v) is 47.0. The number of nitrogens with one attached hydrogen (secondary N) is 7. The molecule has 422 valence electrons. The van der Waals surface area contributed by atoms with Gasteiger partial charge < -0.3 is 35.5 Å². The van der Waals surface area contributed by atoms with Gasteiger partial charge in [0, 0.05) is 86.0 Å². The highest BCUT2D eigenvalue weighted by Crippen LogP contribution is 2.43. The predicted molar refractivity (Wildman–Crippen MR) is 313 cm³/mol. The van der Waals surface area contributed by atoms with E-state index in [1.54, 1.807) is 30.5 Å². The number of allylic oxidation sites excluding steroid dienone is 1. The van der Waals surface area contributed by atoms with Crippen molar-refractivity contribution in [1.82, 2.24) is 35.1 Å². The molecule has 1 aliphatic carbocycles. The van der Waals surface area contributed by atoms with Gasteiger partial charge in [-0.3, -0.25) is 35.2 Å². The van der Waals surface area contributed by atoms with Crippen molar-refractivity contribution in [2.75, 3.05) is 61.9 Å². The van der Waals surface area contributed by atoms with Crippen molar-refractivity contribution in [3.05, 3.63) is 142 Å².